The Labute approximate surface area is 152 Å². The number of hydrogen-bond acceptors (Lipinski definition) is 3. The maximum Gasteiger partial charge on any atom is 0.256 e. The molecule has 130 valence electrons. The lowest BCUT2D eigenvalue weighted by Gasteiger charge is -2.28. The number of nitrogens with one attached hydrogen (secondary N) is 1. The molecule has 2 aromatic rings. The topological polar surface area (TPSA) is 49.4 Å². The summed E-state index contributed by atoms with van der Waals surface area (Å²) in [7, 11) is 0. The van der Waals surface area contributed by atoms with Crippen molar-refractivity contribution in [1.82, 2.24) is 4.90 Å². The Morgan fingerprint density at radius 2 is 1.96 bits per heavy atom. The average molecular weight is 354 g/mol. The summed E-state index contributed by atoms with van der Waals surface area (Å²) in [5.41, 5.74) is 3.82. The number of nitrogens with zero attached hydrogens (tertiary/aromatic N) is 1. The van der Waals surface area contributed by atoms with Gasteiger partial charge in [0.15, 0.2) is 0 Å². The van der Waals surface area contributed by atoms with E-state index in [0.717, 1.165) is 34.9 Å². The lowest BCUT2D eigenvalue weighted by Crippen LogP contribution is -2.34. The quantitative estimate of drug-likeness (QED) is 0.846. The highest BCUT2D eigenvalue weighted by Gasteiger charge is 2.19. The second-order valence-corrected chi connectivity index (χ2v) is 7.36. The van der Waals surface area contributed by atoms with Crippen molar-refractivity contribution in [2.24, 2.45) is 0 Å². The molecule has 1 aliphatic rings. The van der Waals surface area contributed by atoms with Crippen LogP contribution >= 0.6 is 11.8 Å². The normalized spacial score (nSPS) is 13.3. The second kappa shape index (κ2) is 7.74. The Morgan fingerprint density at radius 1 is 1.16 bits per heavy atom. The lowest BCUT2D eigenvalue weighted by atomic mass is 9.99. The van der Waals surface area contributed by atoms with Gasteiger partial charge in [-0.15, -0.1) is 11.8 Å². The van der Waals surface area contributed by atoms with Crippen molar-refractivity contribution in [3.8, 4) is 0 Å². The second-order valence-electron chi connectivity index (χ2n) is 6.06. The first kappa shape index (κ1) is 17.5. The van der Waals surface area contributed by atoms with Gasteiger partial charge in [-0.3, -0.25) is 9.59 Å². The van der Waals surface area contributed by atoms with E-state index in [1.165, 1.54) is 5.56 Å². The van der Waals surface area contributed by atoms with E-state index in [2.05, 4.69) is 18.3 Å². The Balaban J connectivity index is 1.79. The first-order valence-electron chi connectivity index (χ1n) is 8.49. The van der Waals surface area contributed by atoms with Gasteiger partial charge in [0, 0.05) is 30.6 Å². The Bertz CT molecular complexity index is 804. The molecule has 0 aliphatic carbocycles. The van der Waals surface area contributed by atoms with Gasteiger partial charge < -0.3 is 10.2 Å². The van der Waals surface area contributed by atoms with Crippen LogP contribution in [0.1, 0.15) is 35.3 Å². The predicted octanol–water partition coefficient (Wildman–Crippen LogP) is 3.96. The minimum atomic E-state index is -0.101. The Kier molecular flexibility index (Phi) is 5.43. The lowest BCUT2D eigenvalue weighted by molar-refractivity contribution is -0.129. The molecule has 3 rings (SSSR count). The minimum absolute atomic E-state index is 0.0885. The van der Waals surface area contributed by atoms with Gasteiger partial charge in [-0.05, 0) is 47.6 Å². The summed E-state index contributed by atoms with van der Waals surface area (Å²) in [6.45, 7) is 5.04. The summed E-state index contributed by atoms with van der Waals surface area (Å²) in [5, 5.41) is 3.00. The molecule has 0 unspecified atom stereocenters. The summed E-state index contributed by atoms with van der Waals surface area (Å²) in [4.78, 5) is 27.1. The van der Waals surface area contributed by atoms with Crippen LogP contribution in [0.15, 0.2) is 47.4 Å². The highest BCUT2D eigenvalue weighted by Crippen LogP contribution is 2.25. The molecule has 2 amide bonds. The zero-order chi connectivity index (χ0) is 17.8. The summed E-state index contributed by atoms with van der Waals surface area (Å²) in [6.07, 6.45) is 0.860. The van der Waals surface area contributed by atoms with Crippen LogP contribution in [0.3, 0.4) is 0 Å². The molecule has 0 atom stereocenters. The third kappa shape index (κ3) is 4.04. The van der Waals surface area contributed by atoms with E-state index < -0.39 is 0 Å². The summed E-state index contributed by atoms with van der Waals surface area (Å²) in [5.74, 6) is 0.908. The molecule has 0 radical (unpaired) electrons. The van der Waals surface area contributed by atoms with Crippen LogP contribution in [-0.4, -0.2) is 29.0 Å². The van der Waals surface area contributed by atoms with Gasteiger partial charge in [0.2, 0.25) is 5.91 Å². The van der Waals surface area contributed by atoms with Gasteiger partial charge in [0.05, 0.1) is 5.56 Å². The molecular weight excluding hydrogens is 332 g/mol. The van der Waals surface area contributed by atoms with Gasteiger partial charge in [0.1, 0.15) is 0 Å². The summed E-state index contributed by atoms with van der Waals surface area (Å²) >= 11 is 1.66. The van der Waals surface area contributed by atoms with Crippen molar-refractivity contribution in [2.75, 3.05) is 17.6 Å². The maximum absolute atomic E-state index is 12.7. The molecule has 4 nitrogen and oxygen atoms in total. The fourth-order valence-electron chi connectivity index (χ4n) is 3.04. The molecule has 0 spiro atoms. The van der Waals surface area contributed by atoms with E-state index in [1.807, 2.05) is 41.3 Å². The van der Waals surface area contributed by atoms with Crippen molar-refractivity contribution in [1.29, 1.82) is 0 Å². The van der Waals surface area contributed by atoms with Crippen molar-refractivity contribution < 1.29 is 9.59 Å². The number of anilines is 1. The van der Waals surface area contributed by atoms with Crippen LogP contribution in [0.2, 0.25) is 0 Å². The SMILES string of the molecule is CCSc1ccccc1C(=O)Nc1ccc2c(c1)CN(C(C)=O)CC2. The number of rotatable bonds is 4. The highest BCUT2D eigenvalue weighted by molar-refractivity contribution is 7.99. The van der Waals surface area contributed by atoms with E-state index in [4.69, 9.17) is 0 Å². The van der Waals surface area contributed by atoms with Crippen LogP contribution in [0, 0.1) is 0 Å². The molecular formula is C20H22N2O2S. The third-order valence-electron chi connectivity index (χ3n) is 4.35. The van der Waals surface area contributed by atoms with E-state index >= 15 is 0 Å². The van der Waals surface area contributed by atoms with Crippen molar-refractivity contribution in [2.45, 2.75) is 31.7 Å². The summed E-state index contributed by atoms with van der Waals surface area (Å²) < 4.78 is 0. The highest BCUT2D eigenvalue weighted by atomic mass is 32.2. The summed E-state index contributed by atoms with van der Waals surface area (Å²) in [6, 6.07) is 13.6. The number of carbonyl (C=O) groups is 2. The van der Waals surface area contributed by atoms with E-state index in [-0.39, 0.29) is 11.8 Å². The van der Waals surface area contributed by atoms with Crippen LogP contribution in [0.25, 0.3) is 0 Å². The number of thioether (sulfide) groups is 1. The Hall–Kier alpha value is -2.27. The largest absolute Gasteiger partial charge is 0.338 e. The molecule has 0 bridgehead atoms. The number of benzene rings is 2. The van der Waals surface area contributed by atoms with Gasteiger partial charge in [-0.2, -0.15) is 0 Å². The standard InChI is InChI=1S/C20H22N2O2S/c1-3-25-19-7-5-4-6-18(19)20(24)21-17-9-8-15-10-11-22(14(2)23)13-16(15)12-17/h4-9,12H,3,10-11,13H2,1-2H3,(H,21,24). The average Bonchev–Trinajstić information content (AvgIpc) is 2.61. The molecule has 1 N–H and O–H groups in total. The van der Waals surface area contributed by atoms with E-state index in [1.54, 1.807) is 18.7 Å². The molecule has 2 aromatic carbocycles. The van der Waals surface area contributed by atoms with Gasteiger partial charge >= 0.3 is 0 Å². The molecule has 5 heteroatoms. The van der Waals surface area contributed by atoms with Crippen LogP contribution in [0.5, 0.6) is 0 Å². The zero-order valence-corrected chi connectivity index (χ0v) is 15.4. The fraction of sp³-hybridized carbons (Fsp3) is 0.300. The van der Waals surface area contributed by atoms with Crippen molar-refractivity contribution in [3.05, 3.63) is 59.2 Å². The molecule has 1 heterocycles. The first-order valence-corrected chi connectivity index (χ1v) is 9.47. The van der Waals surface area contributed by atoms with Crippen LogP contribution < -0.4 is 5.32 Å². The fourth-order valence-corrected chi connectivity index (χ4v) is 3.84. The maximum atomic E-state index is 12.7. The van der Waals surface area contributed by atoms with Gasteiger partial charge in [-0.1, -0.05) is 25.1 Å². The number of hydrogen-bond donors (Lipinski definition) is 1. The smallest absolute Gasteiger partial charge is 0.256 e. The van der Waals surface area contributed by atoms with E-state index in [9.17, 15) is 9.59 Å². The van der Waals surface area contributed by atoms with E-state index in [0.29, 0.717) is 12.1 Å². The Morgan fingerprint density at radius 3 is 2.72 bits per heavy atom. The molecule has 1 aliphatic heterocycles. The molecule has 0 saturated heterocycles. The first-order chi connectivity index (χ1) is 12.1. The van der Waals surface area contributed by atoms with Gasteiger partial charge in [-0.25, -0.2) is 0 Å². The number of fused-ring (bicyclic) bond motifs is 1. The molecule has 25 heavy (non-hydrogen) atoms. The number of amides is 2. The molecule has 0 fully saturated rings. The molecule has 0 aromatic heterocycles. The third-order valence-corrected chi connectivity index (χ3v) is 5.31. The predicted molar refractivity (Wildman–Crippen MR) is 102 cm³/mol. The minimum Gasteiger partial charge on any atom is -0.338 e. The van der Waals surface area contributed by atoms with Crippen LogP contribution in [-0.2, 0) is 17.8 Å². The van der Waals surface area contributed by atoms with Gasteiger partial charge in [0.25, 0.3) is 5.91 Å². The monoisotopic (exact) mass is 354 g/mol. The number of carbonyl (C=O) groups excluding carboxylic acids is 2. The molecule has 0 saturated carbocycles. The van der Waals surface area contributed by atoms with Crippen molar-refractivity contribution >= 4 is 29.3 Å². The van der Waals surface area contributed by atoms with Crippen molar-refractivity contribution in [3.63, 3.8) is 0 Å². The zero-order valence-electron chi connectivity index (χ0n) is 14.5. The van der Waals surface area contributed by atoms with Crippen LogP contribution in [0.4, 0.5) is 5.69 Å².